The summed E-state index contributed by atoms with van der Waals surface area (Å²) in [4.78, 5) is 11.1. The molecule has 2 aliphatic rings. The number of phenolic OH excluding ortho intramolecular Hbond substituents is 1. The van der Waals surface area contributed by atoms with Crippen molar-refractivity contribution in [2.24, 2.45) is 5.92 Å². The van der Waals surface area contributed by atoms with Gasteiger partial charge in [-0.25, -0.2) is 0 Å². The molecule has 1 aliphatic carbocycles. The third kappa shape index (κ3) is 2.55. The van der Waals surface area contributed by atoms with Crippen LogP contribution in [0.25, 0.3) is 0 Å². The van der Waals surface area contributed by atoms with Crippen molar-refractivity contribution in [3.63, 3.8) is 0 Å². The highest BCUT2D eigenvalue weighted by Gasteiger charge is 2.43. The molecule has 0 radical (unpaired) electrons. The first-order chi connectivity index (χ1) is 12.0. The number of allylic oxidation sites excluding steroid dienone is 2. The Hall–Kier alpha value is -2.24. The monoisotopic (exact) mass is 376 g/mol. The minimum atomic E-state index is -0.478. The van der Waals surface area contributed by atoms with Crippen molar-refractivity contribution >= 4 is 34.6 Å². The maximum atomic E-state index is 11.6. The Morgan fingerprint density at radius 3 is 2.64 bits per heavy atom. The molecular formula is C18H14Cl2N2O3. The number of hydrogen-bond acceptors (Lipinski definition) is 4. The van der Waals surface area contributed by atoms with Gasteiger partial charge in [0.05, 0.1) is 22.2 Å². The van der Waals surface area contributed by atoms with E-state index in [1.807, 2.05) is 36.4 Å². The number of hydrogen-bond donors (Lipinski definition) is 2. The van der Waals surface area contributed by atoms with Crippen molar-refractivity contribution in [1.29, 1.82) is 0 Å². The molecule has 0 amide bonds. The summed E-state index contributed by atoms with van der Waals surface area (Å²) < 4.78 is 0. The highest BCUT2D eigenvalue weighted by Crippen LogP contribution is 2.56. The number of benzene rings is 2. The maximum absolute atomic E-state index is 11.6. The van der Waals surface area contributed by atoms with Crippen LogP contribution in [0.5, 0.6) is 5.75 Å². The average Bonchev–Trinajstić information content (AvgIpc) is 3.04. The van der Waals surface area contributed by atoms with Crippen LogP contribution in [-0.2, 0) is 0 Å². The van der Waals surface area contributed by atoms with E-state index in [4.69, 9.17) is 23.2 Å². The quantitative estimate of drug-likeness (QED) is 0.317. The van der Waals surface area contributed by atoms with E-state index < -0.39 is 4.92 Å². The van der Waals surface area contributed by atoms with Gasteiger partial charge in [0.2, 0.25) is 0 Å². The molecule has 1 aliphatic heterocycles. The number of phenols is 1. The van der Waals surface area contributed by atoms with Gasteiger partial charge in [-0.15, -0.1) is 0 Å². The van der Waals surface area contributed by atoms with E-state index in [9.17, 15) is 15.2 Å². The number of aromatic hydroxyl groups is 1. The van der Waals surface area contributed by atoms with Crippen molar-refractivity contribution in [2.75, 3.05) is 5.32 Å². The fourth-order valence-corrected chi connectivity index (χ4v) is 4.30. The summed E-state index contributed by atoms with van der Waals surface area (Å²) in [6.07, 6.45) is 4.78. The standard InChI is InChI=1S/C18H14Cl2N2O3/c19-10-6-4-9(5-7-10)16-12-3-1-2-11(12)15-17(21-16)14(23)8-13(20)18(15)22(24)25/h1-2,4-8,11-12,16,21,23H,3H2/t11-,12-,16-/m1/s1. The third-order valence-corrected chi connectivity index (χ3v) is 5.50. The normalized spacial score (nSPS) is 23.7. The number of anilines is 1. The lowest BCUT2D eigenvalue weighted by Crippen LogP contribution is -2.29. The zero-order valence-corrected chi connectivity index (χ0v) is 14.5. The molecule has 25 heavy (non-hydrogen) atoms. The van der Waals surface area contributed by atoms with Gasteiger partial charge in [0.15, 0.2) is 0 Å². The van der Waals surface area contributed by atoms with E-state index in [0.29, 0.717) is 16.3 Å². The Morgan fingerprint density at radius 1 is 1.24 bits per heavy atom. The van der Waals surface area contributed by atoms with Crippen LogP contribution in [0.2, 0.25) is 10.0 Å². The average molecular weight is 377 g/mol. The highest BCUT2D eigenvalue weighted by atomic mass is 35.5. The number of nitrogens with one attached hydrogen (secondary N) is 1. The molecule has 2 aromatic rings. The van der Waals surface area contributed by atoms with Crippen molar-refractivity contribution in [2.45, 2.75) is 18.4 Å². The molecule has 128 valence electrons. The van der Waals surface area contributed by atoms with Crippen LogP contribution in [-0.4, -0.2) is 10.0 Å². The van der Waals surface area contributed by atoms with Gasteiger partial charge in [0.1, 0.15) is 10.8 Å². The van der Waals surface area contributed by atoms with Crippen molar-refractivity contribution in [3.8, 4) is 5.75 Å². The van der Waals surface area contributed by atoms with Gasteiger partial charge >= 0.3 is 0 Å². The Labute approximate surface area is 154 Å². The molecule has 0 spiro atoms. The minimum absolute atomic E-state index is 0.0490. The Morgan fingerprint density at radius 2 is 1.96 bits per heavy atom. The number of nitro benzene ring substituents is 1. The van der Waals surface area contributed by atoms with Gasteiger partial charge < -0.3 is 10.4 Å². The molecule has 0 saturated heterocycles. The van der Waals surface area contributed by atoms with Gasteiger partial charge in [-0.3, -0.25) is 10.1 Å². The first-order valence-corrected chi connectivity index (χ1v) is 8.61. The molecule has 1 heterocycles. The van der Waals surface area contributed by atoms with Crippen molar-refractivity contribution in [3.05, 3.63) is 73.8 Å². The predicted octanol–water partition coefficient (Wildman–Crippen LogP) is 5.43. The van der Waals surface area contributed by atoms with Crippen LogP contribution in [0, 0.1) is 16.0 Å². The van der Waals surface area contributed by atoms with E-state index in [2.05, 4.69) is 5.32 Å². The SMILES string of the molecule is O=[N+]([O-])c1c(Cl)cc(O)c2c1[C@@H]1C=CC[C@H]1[C@@H](c1ccc(Cl)cc1)N2. The Kier molecular flexibility index (Phi) is 3.85. The van der Waals surface area contributed by atoms with E-state index in [1.54, 1.807) is 0 Å². The number of nitro groups is 1. The molecule has 0 unspecified atom stereocenters. The topological polar surface area (TPSA) is 75.4 Å². The fourth-order valence-electron chi connectivity index (χ4n) is 3.90. The van der Waals surface area contributed by atoms with Crippen LogP contribution in [0.3, 0.4) is 0 Å². The summed E-state index contributed by atoms with van der Waals surface area (Å²) in [5.74, 6) is -0.157. The first-order valence-electron chi connectivity index (χ1n) is 7.85. The number of rotatable bonds is 2. The summed E-state index contributed by atoms with van der Waals surface area (Å²) in [6, 6.07) is 8.63. The Bertz CT molecular complexity index is 896. The van der Waals surface area contributed by atoms with Crippen LogP contribution in [0.1, 0.15) is 29.5 Å². The first kappa shape index (κ1) is 16.2. The second-order valence-electron chi connectivity index (χ2n) is 6.30. The third-order valence-electron chi connectivity index (χ3n) is 4.96. The molecule has 7 heteroatoms. The van der Waals surface area contributed by atoms with E-state index in [-0.39, 0.29) is 34.3 Å². The maximum Gasteiger partial charge on any atom is 0.293 e. The molecule has 2 N–H and O–H groups in total. The largest absolute Gasteiger partial charge is 0.506 e. The molecular weight excluding hydrogens is 363 g/mol. The highest BCUT2D eigenvalue weighted by molar-refractivity contribution is 6.33. The summed E-state index contributed by atoms with van der Waals surface area (Å²) >= 11 is 12.0. The van der Waals surface area contributed by atoms with Crippen molar-refractivity contribution < 1.29 is 10.0 Å². The van der Waals surface area contributed by atoms with Crippen LogP contribution in [0.4, 0.5) is 11.4 Å². The van der Waals surface area contributed by atoms with Gasteiger partial charge in [-0.2, -0.15) is 0 Å². The number of halogens is 2. The second-order valence-corrected chi connectivity index (χ2v) is 7.14. The second kappa shape index (κ2) is 5.93. The van der Waals surface area contributed by atoms with Gasteiger partial charge in [0.25, 0.3) is 5.69 Å². The van der Waals surface area contributed by atoms with Gasteiger partial charge in [-0.05, 0) is 30.0 Å². The van der Waals surface area contributed by atoms with Crippen molar-refractivity contribution in [1.82, 2.24) is 0 Å². The summed E-state index contributed by atoms with van der Waals surface area (Å²) in [5.41, 5.74) is 1.71. The van der Waals surface area contributed by atoms with Gasteiger partial charge in [-0.1, -0.05) is 47.5 Å². The fraction of sp³-hybridized carbons (Fsp3) is 0.222. The van der Waals surface area contributed by atoms with E-state index >= 15 is 0 Å². The van der Waals surface area contributed by atoms with E-state index in [1.165, 1.54) is 6.07 Å². The summed E-state index contributed by atoms with van der Waals surface area (Å²) in [6.45, 7) is 0. The molecule has 0 saturated carbocycles. The summed E-state index contributed by atoms with van der Waals surface area (Å²) in [7, 11) is 0. The molecule has 3 atom stereocenters. The lowest BCUT2D eigenvalue weighted by Gasteiger charge is -2.37. The summed E-state index contributed by atoms with van der Waals surface area (Å²) in [5, 5.41) is 25.8. The Balaban J connectivity index is 1.89. The smallest absolute Gasteiger partial charge is 0.293 e. The lowest BCUT2D eigenvalue weighted by molar-refractivity contribution is -0.385. The number of fused-ring (bicyclic) bond motifs is 3. The van der Waals surface area contributed by atoms with E-state index in [0.717, 1.165) is 12.0 Å². The molecule has 0 aromatic heterocycles. The van der Waals surface area contributed by atoms with Gasteiger partial charge in [0, 0.05) is 17.0 Å². The molecule has 0 bridgehead atoms. The molecule has 4 rings (SSSR count). The zero-order valence-electron chi connectivity index (χ0n) is 12.9. The molecule has 5 nitrogen and oxygen atoms in total. The molecule has 0 fully saturated rings. The predicted molar refractivity (Wildman–Crippen MR) is 97.6 cm³/mol. The molecule has 2 aromatic carbocycles. The van der Waals surface area contributed by atoms with Crippen LogP contribution >= 0.6 is 23.2 Å². The zero-order chi connectivity index (χ0) is 17.7. The lowest BCUT2D eigenvalue weighted by atomic mass is 9.76. The van der Waals surface area contributed by atoms with Crippen LogP contribution in [0.15, 0.2) is 42.5 Å². The number of nitrogens with zero attached hydrogens (tertiary/aromatic N) is 1. The minimum Gasteiger partial charge on any atom is -0.506 e. The van der Waals surface area contributed by atoms with Crippen LogP contribution < -0.4 is 5.32 Å².